The molecule has 1 heterocycles. The molecule has 0 aromatic heterocycles. The first-order valence-electron chi connectivity index (χ1n) is 8.67. The van der Waals surface area contributed by atoms with Gasteiger partial charge in [-0.3, -0.25) is 5.01 Å². The van der Waals surface area contributed by atoms with E-state index in [0.29, 0.717) is 17.1 Å². The lowest BCUT2D eigenvalue weighted by molar-refractivity contribution is 0.405. The van der Waals surface area contributed by atoms with Gasteiger partial charge < -0.3 is 4.74 Å². The first kappa shape index (κ1) is 17.6. The number of halogens is 2. The molecule has 0 bridgehead atoms. The zero-order chi connectivity index (χ0) is 18.8. The highest BCUT2D eigenvalue weighted by Crippen LogP contribution is 2.40. The van der Waals surface area contributed by atoms with Crippen LogP contribution < -0.4 is 9.75 Å². The summed E-state index contributed by atoms with van der Waals surface area (Å²) in [6, 6.07) is 21.9. The third-order valence-corrected chi connectivity index (χ3v) is 4.94. The zero-order valence-corrected chi connectivity index (χ0v) is 15.5. The Kier molecular flexibility index (Phi) is 4.82. The molecule has 27 heavy (non-hydrogen) atoms. The van der Waals surface area contributed by atoms with Crippen molar-refractivity contribution in [3.8, 4) is 5.75 Å². The zero-order valence-electron chi connectivity index (χ0n) is 14.8. The number of methoxy groups -OCH3 is 1. The molecule has 1 atom stereocenters. The molecular formula is C22H18ClFN2O. The van der Waals surface area contributed by atoms with Gasteiger partial charge in [0.2, 0.25) is 0 Å². The van der Waals surface area contributed by atoms with Gasteiger partial charge in [0, 0.05) is 17.0 Å². The van der Waals surface area contributed by atoms with E-state index in [4.69, 9.17) is 21.4 Å². The summed E-state index contributed by atoms with van der Waals surface area (Å²) < 4.78 is 20.1. The molecule has 5 heteroatoms. The maximum absolute atomic E-state index is 14.5. The summed E-state index contributed by atoms with van der Waals surface area (Å²) in [7, 11) is 1.64. The second kappa shape index (κ2) is 7.41. The SMILES string of the molecule is COc1ccccc1[C@@H]1CC(c2ccc(Cl)cc2)=NN1c1ccccc1F. The fraction of sp³-hybridized carbons (Fsp3) is 0.136. The molecule has 0 spiro atoms. The number of rotatable bonds is 4. The molecule has 0 saturated heterocycles. The molecule has 3 aromatic carbocycles. The summed E-state index contributed by atoms with van der Waals surface area (Å²) in [5.41, 5.74) is 3.26. The number of nitrogens with zero attached hydrogens (tertiary/aromatic N) is 2. The van der Waals surface area contributed by atoms with Crippen molar-refractivity contribution in [2.24, 2.45) is 5.10 Å². The smallest absolute Gasteiger partial charge is 0.148 e. The highest BCUT2D eigenvalue weighted by Gasteiger charge is 2.33. The predicted molar refractivity (Wildman–Crippen MR) is 107 cm³/mol. The van der Waals surface area contributed by atoms with Crippen LogP contribution in [0.25, 0.3) is 0 Å². The summed E-state index contributed by atoms with van der Waals surface area (Å²) >= 11 is 6.01. The number of hydrogen-bond donors (Lipinski definition) is 0. The molecule has 0 N–H and O–H groups in total. The topological polar surface area (TPSA) is 24.8 Å². The van der Waals surface area contributed by atoms with Gasteiger partial charge >= 0.3 is 0 Å². The van der Waals surface area contributed by atoms with Crippen LogP contribution in [0.3, 0.4) is 0 Å². The number of hydrazone groups is 1. The minimum Gasteiger partial charge on any atom is -0.496 e. The number of benzene rings is 3. The van der Waals surface area contributed by atoms with Crippen LogP contribution in [-0.2, 0) is 0 Å². The largest absolute Gasteiger partial charge is 0.496 e. The van der Waals surface area contributed by atoms with E-state index in [2.05, 4.69) is 0 Å². The Hall–Kier alpha value is -2.85. The molecule has 3 nitrogen and oxygen atoms in total. The van der Waals surface area contributed by atoms with Crippen molar-refractivity contribution in [2.75, 3.05) is 12.1 Å². The number of anilines is 1. The summed E-state index contributed by atoms with van der Waals surface area (Å²) in [4.78, 5) is 0. The molecule has 1 aliphatic heterocycles. The van der Waals surface area contributed by atoms with Gasteiger partial charge in [-0.25, -0.2) is 4.39 Å². The predicted octanol–water partition coefficient (Wildman–Crippen LogP) is 5.84. The van der Waals surface area contributed by atoms with Crippen LogP contribution in [0.5, 0.6) is 5.75 Å². The first-order chi connectivity index (χ1) is 13.2. The van der Waals surface area contributed by atoms with Crippen LogP contribution >= 0.6 is 11.6 Å². The van der Waals surface area contributed by atoms with Crippen molar-refractivity contribution in [2.45, 2.75) is 12.5 Å². The quantitative estimate of drug-likeness (QED) is 0.567. The number of para-hydroxylation sites is 2. The molecule has 0 unspecified atom stereocenters. The normalized spacial score (nSPS) is 16.3. The lowest BCUT2D eigenvalue weighted by Gasteiger charge is -2.25. The maximum Gasteiger partial charge on any atom is 0.148 e. The van der Waals surface area contributed by atoms with E-state index in [1.54, 1.807) is 24.3 Å². The molecule has 136 valence electrons. The summed E-state index contributed by atoms with van der Waals surface area (Å²) in [6.07, 6.45) is 0.635. The van der Waals surface area contributed by atoms with Gasteiger partial charge in [0.05, 0.1) is 24.6 Å². The summed E-state index contributed by atoms with van der Waals surface area (Å²) in [5, 5.41) is 7.18. The van der Waals surface area contributed by atoms with Crippen molar-refractivity contribution in [1.82, 2.24) is 0 Å². The van der Waals surface area contributed by atoms with Crippen molar-refractivity contribution in [1.29, 1.82) is 0 Å². The fourth-order valence-corrected chi connectivity index (χ4v) is 3.50. The average molecular weight is 381 g/mol. The van der Waals surface area contributed by atoms with Gasteiger partial charge in [0.15, 0.2) is 0 Å². The van der Waals surface area contributed by atoms with Gasteiger partial charge in [-0.05, 0) is 35.9 Å². The van der Waals surface area contributed by atoms with Crippen LogP contribution in [-0.4, -0.2) is 12.8 Å². The van der Waals surface area contributed by atoms with Crippen LogP contribution in [0, 0.1) is 5.82 Å². The van der Waals surface area contributed by atoms with Crippen molar-refractivity contribution in [3.63, 3.8) is 0 Å². The second-order valence-corrected chi connectivity index (χ2v) is 6.75. The van der Waals surface area contributed by atoms with Crippen molar-refractivity contribution in [3.05, 3.63) is 94.8 Å². The Bertz CT molecular complexity index is 988. The molecule has 0 saturated carbocycles. The molecular weight excluding hydrogens is 363 g/mol. The van der Waals surface area contributed by atoms with Crippen LogP contribution in [0.2, 0.25) is 5.02 Å². The number of hydrogen-bond acceptors (Lipinski definition) is 3. The van der Waals surface area contributed by atoms with E-state index in [9.17, 15) is 4.39 Å². The van der Waals surface area contributed by atoms with E-state index in [1.807, 2.05) is 54.6 Å². The molecule has 1 aliphatic rings. The highest BCUT2D eigenvalue weighted by atomic mass is 35.5. The van der Waals surface area contributed by atoms with Crippen LogP contribution in [0.15, 0.2) is 77.9 Å². The summed E-state index contributed by atoms with van der Waals surface area (Å²) in [5.74, 6) is 0.454. The van der Waals surface area contributed by atoms with Crippen LogP contribution in [0.1, 0.15) is 23.6 Å². The standard InChI is InChI=1S/C22H18ClFN2O/c1-27-22-9-5-2-6-17(22)21-14-19(15-10-12-16(23)13-11-15)25-26(21)20-8-4-3-7-18(20)24/h2-13,21H,14H2,1H3/t21-/m0/s1. The Balaban J connectivity index is 1.80. The molecule has 0 aliphatic carbocycles. The second-order valence-electron chi connectivity index (χ2n) is 6.31. The van der Waals surface area contributed by atoms with E-state index in [-0.39, 0.29) is 11.9 Å². The van der Waals surface area contributed by atoms with Gasteiger partial charge in [0.1, 0.15) is 11.6 Å². The molecule has 4 rings (SSSR count). The van der Waals surface area contributed by atoms with E-state index in [1.165, 1.54) is 6.07 Å². The molecule has 0 radical (unpaired) electrons. The van der Waals surface area contributed by atoms with Crippen molar-refractivity contribution >= 4 is 23.0 Å². The Morgan fingerprint density at radius 2 is 1.70 bits per heavy atom. The minimum absolute atomic E-state index is 0.163. The average Bonchev–Trinajstić information content (AvgIpc) is 3.13. The molecule has 3 aromatic rings. The third kappa shape index (κ3) is 3.40. The lowest BCUT2D eigenvalue weighted by atomic mass is 9.97. The summed E-state index contributed by atoms with van der Waals surface area (Å²) in [6.45, 7) is 0. The fourth-order valence-electron chi connectivity index (χ4n) is 3.37. The maximum atomic E-state index is 14.5. The lowest BCUT2D eigenvalue weighted by Crippen LogP contribution is -2.20. The van der Waals surface area contributed by atoms with Gasteiger partial charge in [-0.15, -0.1) is 0 Å². The molecule has 0 amide bonds. The minimum atomic E-state index is -0.307. The third-order valence-electron chi connectivity index (χ3n) is 4.69. The first-order valence-corrected chi connectivity index (χ1v) is 9.05. The van der Waals surface area contributed by atoms with E-state index >= 15 is 0 Å². The number of ether oxygens (including phenoxy) is 1. The van der Waals surface area contributed by atoms with Gasteiger partial charge in [-0.1, -0.05) is 54.1 Å². The van der Waals surface area contributed by atoms with E-state index < -0.39 is 0 Å². The Morgan fingerprint density at radius 1 is 1.00 bits per heavy atom. The van der Waals surface area contributed by atoms with Crippen LogP contribution in [0.4, 0.5) is 10.1 Å². The van der Waals surface area contributed by atoms with Gasteiger partial charge in [-0.2, -0.15) is 5.10 Å². The van der Waals surface area contributed by atoms with E-state index in [0.717, 1.165) is 22.6 Å². The Labute approximate surface area is 162 Å². The monoisotopic (exact) mass is 380 g/mol. The van der Waals surface area contributed by atoms with Gasteiger partial charge in [0.25, 0.3) is 0 Å². The highest BCUT2D eigenvalue weighted by molar-refractivity contribution is 6.30. The Morgan fingerprint density at radius 3 is 2.44 bits per heavy atom. The van der Waals surface area contributed by atoms with Crippen molar-refractivity contribution < 1.29 is 9.13 Å². The molecule has 0 fully saturated rings.